The van der Waals surface area contributed by atoms with Crippen molar-refractivity contribution in [1.29, 1.82) is 0 Å². The third kappa shape index (κ3) is 4.44. The largest absolute Gasteiger partial charge is 0.412 e. The van der Waals surface area contributed by atoms with Gasteiger partial charge in [0.15, 0.2) is 0 Å². The van der Waals surface area contributed by atoms with Gasteiger partial charge in [-0.1, -0.05) is 12.1 Å². The highest BCUT2D eigenvalue weighted by molar-refractivity contribution is 6.10. The summed E-state index contributed by atoms with van der Waals surface area (Å²) < 4.78 is 37.8. The van der Waals surface area contributed by atoms with E-state index in [4.69, 9.17) is 0 Å². The van der Waals surface area contributed by atoms with Gasteiger partial charge in [0.05, 0.1) is 5.71 Å². The number of hydrogen-bond acceptors (Lipinski definition) is 2. The molecule has 0 saturated heterocycles. The maximum Gasteiger partial charge on any atom is 0.412 e. The molecule has 21 heavy (non-hydrogen) atoms. The van der Waals surface area contributed by atoms with E-state index in [0.717, 1.165) is 13.0 Å². The molecule has 0 N–H and O–H groups in total. The summed E-state index contributed by atoms with van der Waals surface area (Å²) in [6.45, 7) is 0.986. The molecule has 1 rings (SSSR count). The zero-order valence-electron chi connectivity index (χ0n) is 12.3. The topological polar surface area (TPSA) is 32.7 Å². The van der Waals surface area contributed by atoms with Crippen LogP contribution in [-0.2, 0) is 0 Å². The molecule has 0 radical (unpaired) electrons. The van der Waals surface area contributed by atoms with Crippen LogP contribution in [0.15, 0.2) is 40.9 Å². The summed E-state index contributed by atoms with van der Waals surface area (Å²) in [5.41, 5.74) is 0.302. The van der Waals surface area contributed by atoms with Gasteiger partial charge in [0.25, 0.3) is 5.91 Å². The number of rotatable bonds is 3. The van der Waals surface area contributed by atoms with E-state index in [1.165, 1.54) is 18.0 Å². The van der Waals surface area contributed by atoms with Crippen molar-refractivity contribution >= 4 is 11.6 Å². The number of halogens is 3. The molecule has 0 atom stereocenters. The SMILES string of the molecule is CN=C(/C=C(\C)C(F)(F)F)c1cccc(C(=O)N(C)C)c1. The maximum absolute atomic E-state index is 12.6. The van der Waals surface area contributed by atoms with Crippen LogP contribution in [-0.4, -0.2) is 43.8 Å². The molecule has 0 heterocycles. The number of aliphatic imine (C=N–C) groups is 1. The Morgan fingerprint density at radius 2 is 1.81 bits per heavy atom. The fourth-order valence-electron chi connectivity index (χ4n) is 1.63. The van der Waals surface area contributed by atoms with Gasteiger partial charge in [-0.05, 0) is 25.1 Å². The molecule has 0 fully saturated rings. The summed E-state index contributed by atoms with van der Waals surface area (Å²) in [4.78, 5) is 17.2. The van der Waals surface area contributed by atoms with Crippen molar-refractivity contribution in [1.82, 2.24) is 4.90 Å². The normalized spacial score (nSPS) is 13.3. The van der Waals surface area contributed by atoms with Gasteiger partial charge < -0.3 is 4.90 Å². The standard InChI is InChI=1S/C15H17F3N2O/c1-10(15(16,17)18)8-13(19-2)11-6-5-7-12(9-11)14(21)20(3)4/h5-9H,1-4H3/b10-8+,19-13?. The summed E-state index contributed by atoms with van der Waals surface area (Å²) >= 11 is 0. The Labute approximate surface area is 121 Å². The average Bonchev–Trinajstić information content (AvgIpc) is 2.42. The number of carbonyl (C=O) groups excluding carboxylic acids is 1. The Hall–Kier alpha value is -2.11. The Balaban J connectivity index is 3.21. The lowest BCUT2D eigenvalue weighted by Gasteiger charge is -2.12. The van der Waals surface area contributed by atoms with Crippen LogP contribution in [0.5, 0.6) is 0 Å². The van der Waals surface area contributed by atoms with E-state index in [2.05, 4.69) is 4.99 Å². The molecule has 3 nitrogen and oxygen atoms in total. The molecular formula is C15H17F3N2O. The summed E-state index contributed by atoms with van der Waals surface area (Å²) in [7, 11) is 4.63. The van der Waals surface area contributed by atoms with E-state index in [1.54, 1.807) is 32.3 Å². The second-order valence-electron chi connectivity index (χ2n) is 4.71. The first-order chi connectivity index (χ1) is 9.66. The third-order valence-corrected chi connectivity index (χ3v) is 2.85. The van der Waals surface area contributed by atoms with Crippen LogP contribution in [0.25, 0.3) is 0 Å². The van der Waals surface area contributed by atoms with Crippen molar-refractivity contribution in [3.8, 4) is 0 Å². The minimum atomic E-state index is -4.40. The Morgan fingerprint density at radius 3 is 2.29 bits per heavy atom. The summed E-state index contributed by atoms with van der Waals surface area (Å²) in [5, 5.41) is 0. The van der Waals surface area contributed by atoms with Gasteiger partial charge in [-0.25, -0.2) is 0 Å². The first-order valence-electron chi connectivity index (χ1n) is 6.21. The molecule has 6 heteroatoms. The molecular weight excluding hydrogens is 281 g/mol. The Kier molecular flexibility index (Phi) is 5.29. The summed E-state index contributed by atoms with van der Waals surface area (Å²) in [6, 6.07) is 6.38. The lowest BCUT2D eigenvalue weighted by Crippen LogP contribution is -2.21. The van der Waals surface area contributed by atoms with E-state index in [1.807, 2.05) is 0 Å². The lowest BCUT2D eigenvalue weighted by atomic mass is 10.0. The molecule has 0 bridgehead atoms. The maximum atomic E-state index is 12.6. The Bertz CT molecular complexity index is 587. The fraction of sp³-hybridized carbons (Fsp3) is 0.333. The number of hydrogen-bond donors (Lipinski definition) is 0. The smallest absolute Gasteiger partial charge is 0.345 e. The van der Waals surface area contributed by atoms with E-state index in [-0.39, 0.29) is 11.6 Å². The van der Waals surface area contributed by atoms with Crippen molar-refractivity contribution in [3.05, 3.63) is 47.0 Å². The van der Waals surface area contributed by atoms with Gasteiger partial charge in [-0.2, -0.15) is 13.2 Å². The zero-order chi connectivity index (χ0) is 16.2. The molecule has 0 unspecified atom stereocenters. The molecule has 1 aromatic carbocycles. The van der Waals surface area contributed by atoms with Crippen LogP contribution < -0.4 is 0 Å². The number of benzene rings is 1. The van der Waals surface area contributed by atoms with E-state index >= 15 is 0 Å². The first-order valence-corrected chi connectivity index (χ1v) is 6.21. The fourth-order valence-corrected chi connectivity index (χ4v) is 1.63. The predicted octanol–water partition coefficient (Wildman–Crippen LogP) is 3.32. The highest BCUT2D eigenvalue weighted by atomic mass is 19.4. The minimum absolute atomic E-state index is 0.179. The third-order valence-electron chi connectivity index (χ3n) is 2.85. The van der Waals surface area contributed by atoms with Gasteiger partial charge in [-0.3, -0.25) is 9.79 Å². The van der Waals surface area contributed by atoms with Crippen LogP contribution in [0.2, 0.25) is 0 Å². The quantitative estimate of drug-likeness (QED) is 0.788. The predicted molar refractivity (Wildman–Crippen MR) is 76.7 cm³/mol. The van der Waals surface area contributed by atoms with Crippen molar-refractivity contribution in [2.24, 2.45) is 4.99 Å². The van der Waals surface area contributed by atoms with Crippen LogP contribution in [0, 0.1) is 0 Å². The van der Waals surface area contributed by atoms with Gasteiger partial charge in [0.2, 0.25) is 0 Å². The zero-order valence-corrected chi connectivity index (χ0v) is 12.3. The molecule has 0 saturated carbocycles. The molecule has 0 aliphatic carbocycles. The van der Waals surface area contributed by atoms with E-state index in [9.17, 15) is 18.0 Å². The van der Waals surface area contributed by atoms with Crippen LogP contribution in [0.1, 0.15) is 22.8 Å². The van der Waals surface area contributed by atoms with E-state index < -0.39 is 11.7 Å². The molecule has 0 aromatic heterocycles. The molecule has 0 aliphatic rings. The van der Waals surface area contributed by atoms with Crippen molar-refractivity contribution in [2.75, 3.05) is 21.1 Å². The minimum Gasteiger partial charge on any atom is -0.345 e. The first kappa shape index (κ1) is 16.9. The molecule has 0 aliphatic heterocycles. The van der Waals surface area contributed by atoms with Gasteiger partial charge >= 0.3 is 6.18 Å². The second kappa shape index (κ2) is 6.56. The number of amides is 1. The number of allylic oxidation sites excluding steroid dienone is 2. The van der Waals surface area contributed by atoms with Gasteiger partial charge in [0.1, 0.15) is 0 Å². The highest BCUT2D eigenvalue weighted by Gasteiger charge is 2.30. The number of alkyl halides is 3. The average molecular weight is 298 g/mol. The van der Waals surface area contributed by atoms with Crippen LogP contribution >= 0.6 is 0 Å². The molecule has 1 aromatic rings. The molecule has 114 valence electrons. The van der Waals surface area contributed by atoms with Crippen molar-refractivity contribution < 1.29 is 18.0 Å². The molecule has 1 amide bonds. The van der Waals surface area contributed by atoms with Crippen LogP contribution in [0.3, 0.4) is 0 Å². The van der Waals surface area contributed by atoms with Crippen molar-refractivity contribution in [2.45, 2.75) is 13.1 Å². The van der Waals surface area contributed by atoms with E-state index in [0.29, 0.717) is 11.1 Å². The summed E-state index contributed by atoms with van der Waals surface area (Å²) in [6.07, 6.45) is -3.42. The lowest BCUT2D eigenvalue weighted by molar-refractivity contribution is -0.0912. The molecule has 0 spiro atoms. The van der Waals surface area contributed by atoms with Crippen LogP contribution in [0.4, 0.5) is 13.2 Å². The van der Waals surface area contributed by atoms with Crippen molar-refractivity contribution in [3.63, 3.8) is 0 Å². The Morgan fingerprint density at radius 1 is 1.24 bits per heavy atom. The summed E-state index contributed by atoms with van der Waals surface area (Å²) in [5.74, 6) is -0.219. The number of nitrogens with zero attached hydrogens (tertiary/aromatic N) is 2. The number of carbonyl (C=O) groups is 1. The van der Waals surface area contributed by atoms with Gasteiger partial charge in [-0.15, -0.1) is 0 Å². The van der Waals surface area contributed by atoms with Gasteiger partial charge in [0, 0.05) is 37.8 Å². The highest BCUT2D eigenvalue weighted by Crippen LogP contribution is 2.25. The monoisotopic (exact) mass is 298 g/mol. The second-order valence-corrected chi connectivity index (χ2v) is 4.71.